The number of hydrogen-bond donors (Lipinski definition) is 3. The zero-order valence-corrected chi connectivity index (χ0v) is 16.7. The Morgan fingerprint density at radius 2 is 1.89 bits per heavy atom. The van der Waals surface area contributed by atoms with E-state index in [1.165, 1.54) is 10.9 Å². The molecule has 4 aromatic rings. The highest BCUT2D eigenvalue weighted by Gasteiger charge is 2.11. The number of anilines is 2. The first-order valence-electron chi connectivity index (χ1n) is 9.00. The molecule has 0 aliphatic heterocycles. The highest BCUT2D eigenvalue weighted by Crippen LogP contribution is 2.23. The van der Waals surface area contributed by atoms with E-state index in [0.717, 1.165) is 27.8 Å². The van der Waals surface area contributed by atoms with Gasteiger partial charge in [0.25, 0.3) is 5.91 Å². The van der Waals surface area contributed by atoms with E-state index in [2.05, 4.69) is 48.7 Å². The van der Waals surface area contributed by atoms with E-state index in [1.807, 2.05) is 48.7 Å². The molecule has 2 heterocycles. The van der Waals surface area contributed by atoms with Crippen LogP contribution in [0, 0.1) is 0 Å². The molecule has 2 aromatic carbocycles. The number of fused-ring (bicyclic) bond motifs is 1. The van der Waals surface area contributed by atoms with E-state index in [1.54, 1.807) is 12.4 Å². The van der Waals surface area contributed by atoms with Gasteiger partial charge in [-0.15, -0.1) is 0 Å². The molecule has 2 aromatic heterocycles. The van der Waals surface area contributed by atoms with Crippen LogP contribution in [0.1, 0.15) is 15.9 Å². The molecule has 28 heavy (non-hydrogen) atoms. The summed E-state index contributed by atoms with van der Waals surface area (Å²) < 4.78 is 0.873. The minimum absolute atomic E-state index is 0.106. The third-order valence-corrected chi connectivity index (χ3v) is 4.94. The van der Waals surface area contributed by atoms with E-state index in [0.29, 0.717) is 12.1 Å². The van der Waals surface area contributed by atoms with Gasteiger partial charge in [0.15, 0.2) is 0 Å². The monoisotopic (exact) mass is 434 g/mol. The van der Waals surface area contributed by atoms with E-state index in [-0.39, 0.29) is 5.91 Å². The molecule has 4 rings (SSSR count). The van der Waals surface area contributed by atoms with E-state index in [4.69, 9.17) is 0 Å². The standard InChI is InChI=1S/C22H19BrN4O/c23-16-11-17(14-24-13-16)27-21-8-4-2-6-19(21)22(28)25-10-9-15-12-26-20-7-3-1-5-18(15)20/h1-8,11-14,26-27H,9-10H2,(H,25,28). The Morgan fingerprint density at radius 1 is 1.07 bits per heavy atom. The first kappa shape index (κ1) is 18.3. The molecule has 140 valence electrons. The fourth-order valence-corrected chi connectivity index (χ4v) is 3.54. The van der Waals surface area contributed by atoms with Gasteiger partial charge < -0.3 is 15.6 Å². The zero-order chi connectivity index (χ0) is 19.3. The van der Waals surface area contributed by atoms with Crippen LogP contribution in [0.5, 0.6) is 0 Å². The molecule has 0 saturated carbocycles. The molecule has 0 unspecified atom stereocenters. The number of amides is 1. The van der Waals surface area contributed by atoms with Crippen molar-refractivity contribution in [2.24, 2.45) is 0 Å². The lowest BCUT2D eigenvalue weighted by molar-refractivity contribution is 0.0955. The van der Waals surface area contributed by atoms with Gasteiger partial charge in [0.1, 0.15) is 0 Å². The van der Waals surface area contributed by atoms with Gasteiger partial charge in [0.2, 0.25) is 0 Å². The summed E-state index contributed by atoms with van der Waals surface area (Å²) in [5, 5.41) is 7.48. The Kier molecular flexibility index (Phi) is 5.39. The van der Waals surface area contributed by atoms with Crippen LogP contribution >= 0.6 is 15.9 Å². The van der Waals surface area contributed by atoms with Crippen LogP contribution < -0.4 is 10.6 Å². The van der Waals surface area contributed by atoms with Crippen LogP contribution in [0.3, 0.4) is 0 Å². The van der Waals surface area contributed by atoms with Crippen molar-refractivity contribution in [2.75, 3.05) is 11.9 Å². The van der Waals surface area contributed by atoms with Crippen LogP contribution in [0.15, 0.2) is 77.7 Å². The zero-order valence-electron chi connectivity index (χ0n) is 15.1. The predicted octanol–water partition coefficient (Wildman–Crippen LogP) is 5.04. The van der Waals surface area contributed by atoms with Crippen molar-refractivity contribution in [1.29, 1.82) is 0 Å². The number of para-hydroxylation sites is 2. The summed E-state index contributed by atoms with van der Waals surface area (Å²) in [6, 6.07) is 17.6. The van der Waals surface area contributed by atoms with Gasteiger partial charge in [-0.1, -0.05) is 30.3 Å². The van der Waals surface area contributed by atoms with E-state index >= 15 is 0 Å². The number of H-pyrrole nitrogens is 1. The number of halogens is 1. The van der Waals surface area contributed by atoms with Crippen LogP contribution in [0.4, 0.5) is 11.4 Å². The number of aromatic nitrogens is 2. The summed E-state index contributed by atoms with van der Waals surface area (Å²) in [6.07, 6.45) is 6.21. The molecule has 0 saturated heterocycles. The quantitative estimate of drug-likeness (QED) is 0.397. The molecular weight excluding hydrogens is 416 g/mol. The number of pyridine rings is 1. The van der Waals surface area contributed by atoms with Gasteiger partial charge in [-0.3, -0.25) is 9.78 Å². The Balaban J connectivity index is 1.43. The average molecular weight is 435 g/mol. The molecule has 0 aliphatic rings. The second-order valence-corrected chi connectivity index (χ2v) is 7.34. The topological polar surface area (TPSA) is 69.8 Å². The van der Waals surface area contributed by atoms with Gasteiger partial charge in [-0.2, -0.15) is 0 Å². The first-order valence-corrected chi connectivity index (χ1v) is 9.80. The Morgan fingerprint density at radius 3 is 2.79 bits per heavy atom. The molecule has 0 radical (unpaired) electrons. The van der Waals surface area contributed by atoms with Crippen LogP contribution in [-0.4, -0.2) is 22.4 Å². The maximum atomic E-state index is 12.7. The summed E-state index contributed by atoms with van der Waals surface area (Å²) in [7, 11) is 0. The fraction of sp³-hybridized carbons (Fsp3) is 0.0909. The lowest BCUT2D eigenvalue weighted by Gasteiger charge is -2.12. The van der Waals surface area contributed by atoms with Crippen LogP contribution in [0.2, 0.25) is 0 Å². The van der Waals surface area contributed by atoms with E-state index < -0.39 is 0 Å². The van der Waals surface area contributed by atoms with Gasteiger partial charge in [0.05, 0.1) is 23.1 Å². The van der Waals surface area contributed by atoms with Crippen molar-refractivity contribution < 1.29 is 4.79 Å². The molecule has 6 heteroatoms. The smallest absolute Gasteiger partial charge is 0.253 e. The maximum absolute atomic E-state index is 12.7. The number of carbonyl (C=O) groups is 1. The highest BCUT2D eigenvalue weighted by atomic mass is 79.9. The maximum Gasteiger partial charge on any atom is 0.253 e. The molecule has 0 fully saturated rings. The number of hydrogen-bond acceptors (Lipinski definition) is 3. The third kappa shape index (κ3) is 4.07. The summed E-state index contributed by atoms with van der Waals surface area (Å²) in [4.78, 5) is 20.1. The molecule has 0 atom stereocenters. The Bertz CT molecular complexity index is 1120. The largest absolute Gasteiger partial charge is 0.361 e. The normalized spacial score (nSPS) is 10.8. The van der Waals surface area contributed by atoms with Crippen molar-refractivity contribution in [3.05, 3.63) is 88.8 Å². The Labute approximate surface area is 171 Å². The van der Waals surface area contributed by atoms with Gasteiger partial charge >= 0.3 is 0 Å². The second kappa shape index (κ2) is 8.27. The van der Waals surface area contributed by atoms with Crippen molar-refractivity contribution in [3.63, 3.8) is 0 Å². The SMILES string of the molecule is O=C(NCCc1c[nH]c2ccccc12)c1ccccc1Nc1cncc(Br)c1. The van der Waals surface area contributed by atoms with Crippen LogP contribution in [-0.2, 0) is 6.42 Å². The van der Waals surface area contributed by atoms with Gasteiger partial charge in [-0.05, 0) is 52.2 Å². The molecule has 3 N–H and O–H groups in total. The minimum atomic E-state index is -0.106. The molecule has 0 aliphatic carbocycles. The predicted molar refractivity (Wildman–Crippen MR) is 116 cm³/mol. The minimum Gasteiger partial charge on any atom is -0.361 e. The van der Waals surface area contributed by atoms with Gasteiger partial charge in [-0.25, -0.2) is 0 Å². The lowest BCUT2D eigenvalue weighted by atomic mass is 10.1. The summed E-state index contributed by atoms with van der Waals surface area (Å²) in [5.41, 5.74) is 4.46. The van der Waals surface area contributed by atoms with Crippen molar-refractivity contribution in [3.8, 4) is 0 Å². The van der Waals surface area contributed by atoms with E-state index in [9.17, 15) is 4.79 Å². The number of benzene rings is 2. The number of carbonyl (C=O) groups excluding carboxylic acids is 1. The van der Waals surface area contributed by atoms with Crippen molar-refractivity contribution in [1.82, 2.24) is 15.3 Å². The number of nitrogens with zero attached hydrogens (tertiary/aromatic N) is 1. The third-order valence-electron chi connectivity index (χ3n) is 4.51. The van der Waals surface area contributed by atoms with Crippen molar-refractivity contribution >= 4 is 44.1 Å². The first-order chi connectivity index (χ1) is 13.7. The number of nitrogens with one attached hydrogen (secondary N) is 3. The summed E-state index contributed by atoms with van der Waals surface area (Å²) >= 11 is 3.41. The number of rotatable bonds is 6. The molecule has 1 amide bonds. The highest BCUT2D eigenvalue weighted by molar-refractivity contribution is 9.10. The fourth-order valence-electron chi connectivity index (χ4n) is 3.17. The molecular formula is C22H19BrN4O. The lowest BCUT2D eigenvalue weighted by Crippen LogP contribution is -2.26. The second-order valence-electron chi connectivity index (χ2n) is 6.43. The number of aromatic amines is 1. The summed E-state index contributed by atoms with van der Waals surface area (Å²) in [5.74, 6) is -0.106. The molecule has 0 spiro atoms. The molecule has 5 nitrogen and oxygen atoms in total. The average Bonchev–Trinajstić information content (AvgIpc) is 3.12. The van der Waals surface area contributed by atoms with Crippen molar-refractivity contribution in [2.45, 2.75) is 6.42 Å². The summed E-state index contributed by atoms with van der Waals surface area (Å²) in [6.45, 7) is 0.563. The van der Waals surface area contributed by atoms with Crippen LogP contribution in [0.25, 0.3) is 10.9 Å². The van der Waals surface area contributed by atoms with Gasteiger partial charge in [0, 0.05) is 34.3 Å². The Hall–Kier alpha value is -3.12. The molecule has 0 bridgehead atoms.